The van der Waals surface area contributed by atoms with Gasteiger partial charge in [0.25, 0.3) is 0 Å². The summed E-state index contributed by atoms with van der Waals surface area (Å²) >= 11 is 3.73. The fourth-order valence-corrected chi connectivity index (χ4v) is 12.7. The van der Waals surface area contributed by atoms with E-state index in [2.05, 4.69) is 214 Å². The number of pyridine rings is 2. The van der Waals surface area contributed by atoms with Crippen LogP contribution in [0, 0.1) is 0 Å². The Morgan fingerprint density at radius 2 is 0.812 bits per heavy atom. The van der Waals surface area contributed by atoms with Crippen molar-refractivity contribution >= 4 is 50.1 Å². The van der Waals surface area contributed by atoms with E-state index >= 15 is 0 Å². The van der Waals surface area contributed by atoms with Gasteiger partial charge in [-0.15, -0.1) is 22.7 Å². The van der Waals surface area contributed by atoms with Crippen molar-refractivity contribution in [3.05, 3.63) is 140 Å². The van der Waals surface area contributed by atoms with Crippen molar-refractivity contribution in [3.63, 3.8) is 0 Å². The largest absolute Gasteiger partial charge is 0.464 e. The third-order valence-electron chi connectivity index (χ3n) is 16.3. The van der Waals surface area contributed by atoms with E-state index in [1.165, 1.54) is 83.4 Å². The molecule has 0 unspecified atom stereocenters. The molecule has 10 aromatic heterocycles. The molecule has 1 N–H and O–H groups in total. The molecule has 1 aromatic carbocycles. The van der Waals surface area contributed by atoms with Crippen LogP contribution in [0.1, 0.15) is 314 Å². The van der Waals surface area contributed by atoms with Gasteiger partial charge in [-0.25, -0.2) is 57.7 Å². The number of thiazole rings is 2. The van der Waals surface area contributed by atoms with E-state index in [1.54, 1.807) is 25.2 Å². The van der Waals surface area contributed by atoms with Gasteiger partial charge in [-0.3, -0.25) is 0 Å². The molecule has 556 valence electrons. The highest BCUT2D eigenvalue weighted by Crippen LogP contribution is 2.31. The molecule has 24 heteroatoms. The number of hydrogen-bond donors (Lipinski definition) is 1. The first-order chi connectivity index (χ1) is 46.2. The summed E-state index contributed by atoms with van der Waals surface area (Å²) in [7, 11) is 0. The van der Waals surface area contributed by atoms with Crippen LogP contribution in [0.2, 0.25) is 0 Å². The van der Waals surface area contributed by atoms with Crippen LogP contribution in [0.4, 0.5) is 5.95 Å². The Morgan fingerprint density at radius 3 is 1.29 bits per heavy atom. The number of rotatable bonds is 8. The summed E-state index contributed by atoms with van der Waals surface area (Å²) in [5, 5.41) is 32.1. The van der Waals surface area contributed by atoms with E-state index in [-0.39, 0.29) is 37.1 Å². The summed E-state index contributed by atoms with van der Waals surface area (Å²) < 4.78 is 18.2. The van der Waals surface area contributed by atoms with E-state index in [1.807, 2.05) is 75.6 Å². The van der Waals surface area contributed by atoms with Crippen LogP contribution in [0.25, 0.3) is 21.5 Å². The normalized spacial score (nSPS) is 13.7. The smallest absolute Gasteiger partial charge is 0.315 e. The number of nitrogens with zero attached hydrogens (tertiary/aromatic N) is 20. The third kappa shape index (κ3) is 24.1. The molecule has 14 heterocycles. The van der Waals surface area contributed by atoms with Gasteiger partial charge in [0.15, 0.2) is 46.2 Å². The maximum Gasteiger partial charge on any atom is 0.315 e. The van der Waals surface area contributed by atoms with Gasteiger partial charge < -0.3 is 10.1 Å². The number of benzene rings is 1. The number of aryl methyl sites for hydroxylation is 8. The Morgan fingerprint density at radius 1 is 0.376 bits per heavy atom. The fraction of sp³-hybridized carbons (Fsp3) is 0.610. The first-order valence-corrected chi connectivity index (χ1v) is 36.9. The Kier molecular flexibility index (Phi) is 35.0. The van der Waals surface area contributed by atoms with E-state index in [4.69, 9.17) is 4.74 Å². The minimum atomic E-state index is 0. The number of aromatic nitrogens is 20. The number of fused-ring (bicyclic) bond motifs is 8. The van der Waals surface area contributed by atoms with E-state index < -0.39 is 0 Å². The first kappa shape index (κ1) is 85.6. The van der Waals surface area contributed by atoms with E-state index in [0.29, 0.717) is 53.4 Å². The van der Waals surface area contributed by atoms with Crippen LogP contribution < -0.4 is 10.1 Å². The fourth-order valence-electron chi connectivity index (χ4n) is 10.6. The maximum atomic E-state index is 5.34. The standard InChI is InChI=1S/C10H15NS.C10H11NS.2C9H15N3.2C9H11N3.C8H14N4.C8H13N3O.5CH4/c2*1-7(2)10-11-8-5-3-4-6-9(8)12-10;4*1-7(2)9-10-8-5-3-4-6-12(8)11-9;1-6(2)7-10-8-9-4-3-5-12(8)11-7;1-6(2)7-9-8-11(10-7)4-3-5-12-8;;;;;/h7H,3-6H2,1-2H3;3-7H,1-2H3;2*7H,3-6H2,1-2H3;2*3-7H,1-2H3;6H,3-5H2,1-2H3,(H,9,10,11);6H,3-5H2,1-2H3;5*1H4. The third-order valence-corrected chi connectivity index (χ3v) is 19.1. The molecule has 1 aliphatic carbocycles. The highest BCUT2D eigenvalue weighted by atomic mass is 32.1. The SMILES string of the molecule is C.C.C.C.C.CC(C)c1nc2c(s1)CCCC2.CC(C)c1nc2ccccc2s1.CC(C)c1nc2ccccn2n1.CC(C)c1nc2ccccn2n1.CC(C)c1nc2n(n1)CCCC2.CC(C)c1nc2n(n1)CCCC2.CC(C)c1nc2n(n1)CCCN2.CC(C)c1nc2n(n1)CCCO2. The molecule has 0 radical (unpaired) electrons. The lowest BCUT2D eigenvalue weighted by Crippen LogP contribution is -2.17. The average Bonchev–Trinajstić information content (AvgIpc) is 1.78. The molecule has 0 saturated heterocycles. The van der Waals surface area contributed by atoms with Crippen molar-refractivity contribution in [3.8, 4) is 6.01 Å². The lowest BCUT2D eigenvalue weighted by atomic mass is 10.0. The Labute approximate surface area is 612 Å². The van der Waals surface area contributed by atoms with Gasteiger partial charge in [0.1, 0.15) is 11.6 Å². The molecule has 101 heavy (non-hydrogen) atoms. The molecule has 4 aliphatic heterocycles. The minimum absolute atomic E-state index is 0. The number of hydrogen-bond acceptors (Lipinski definition) is 18. The van der Waals surface area contributed by atoms with E-state index in [9.17, 15) is 0 Å². The van der Waals surface area contributed by atoms with Crippen LogP contribution in [-0.4, -0.2) is 111 Å². The molecular formula is C77H125N21OS2. The summed E-state index contributed by atoms with van der Waals surface area (Å²) in [5.74, 6) is 12.6. The van der Waals surface area contributed by atoms with Crippen LogP contribution in [0.15, 0.2) is 73.1 Å². The topological polar surface area (TPSA) is 230 Å². The lowest BCUT2D eigenvalue weighted by Gasteiger charge is -2.12. The van der Waals surface area contributed by atoms with Gasteiger partial charge in [-0.05, 0) is 94.2 Å². The second-order valence-electron chi connectivity index (χ2n) is 27.4. The van der Waals surface area contributed by atoms with Crippen LogP contribution >= 0.6 is 22.7 Å². The zero-order valence-corrected chi connectivity index (χ0v) is 61.6. The second kappa shape index (κ2) is 41.3. The number of anilines is 1. The van der Waals surface area contributed by atoms with Gasteiger partial charge in [-0.1, -0.05) is 172 Å². The molecule has 0 fully saturated rings. The lowest BCUT2D eigenvalue weighted by molar-refractivity contribution is 0.221. The molecular weight excluding hydrogens is 1300 g/mol. The molecule has 0 saturated carbocycles. The van der Waals surface area contributed by atoms with Crippen LogP contribution in [0.3, 0.4) is 0 Å². The summed E-state index contributed by atoms with van der Waals surface area (Å²) in [6.45, 7) is 40.0. The zero-order chi connectivity index (χ0) is 68.4. The summed E-state index contributed by atoms with van der Waals surface area (Å²) in [5.41, 5.74) is 4.36. The van der Waals surface area contributed by atoms with E-state index in [0.717, 1.165) is 123 Å². The zero-order valence-electron chi connectivity index (χ0n) is 59.9. The first-order valence-electron chi connectivity index (χ1n) is 35.3. The Bertz CT molecular complexity index is 3390. The predicted molar refractivity (Wildman–Crippen MR) is 420 cm³/mol. The molecule has 0 bridgehead atoms. The number of para-hydroxylation sites is 1. The molecule has 0 amide bonds. The van der Waals surface area contributed by atoms with Gasteiger partial charge in [0.05, 0.1) is 32.5 Å². The maximum absolute atomic E-state index is 5.34. The summed E-state index contributed by atoms with van der Waals surface area (Å²) in [6, 6.07) is 20.7. The average molecular weight is 1430 g/mol. The Hall–Kier alpha value is -7.86. The number of ether oxygens (including phenoxy) is 1. The van der Waals surface area contributed by atoms with Crippen molar-refractivity contribution < 1.29 is 4.74 Å². The second-order valence-corrected chi connectivity index (χ2v) is 29.6. The molecule has 0 atom stereocenters. The highest BCUT2D eigenvalue weighted by Gasteiger charge is 2.21. The minimum Gasteiger partial charge on any atom is -0.464 e. The van der Waals surface area contributed by atoms with Crippen molar-refractivity contribution in [1.29, 1.82) is 0 Å². The number of nitrogens with one attached hydrogen (secondary N) is 1. The molecule has 0 spiro atoms. The predicted octanol–water partition coefficient (Wildman–Crippen LogP) is 19.3. The molecule has 5 aliphatic rings. The highest BCUT2D eigenvalue weighted by molar-refractivity contribution is 7.18. The van der Waals surface area contributed by atoms with Gasteiger partial charge in [-0.2, -0.15) is 40.6 Å². The molecule has 16 rings (SSSR count). The quantitative estimate of drug-likeness (QED) is 0.149. The van der Waals surface area contributed by atoms with Crippen molar-refractivity contribution in [2.24, 2.45) is 0 Å². The summed E-state index contributed by atoms with van der Waals surface area (Å²) in [6.07, 6.45) is 18.5. The van der Waals surface area contributed by atoms with Crippen molar-refractivity contribution in [2.75, 3.05) is 18.5 Å². The Balaban J connectivity index is 0.000000243. The van der Waals surface area contributed by atoms with Crippen LogP contribution in [0.5, 0.6) is 6.01 Å². The van der Waals surface area contributed by atoms with Gasteiger partial charge in [0, 0.05) is 117 Å². The van der Waals surface area contributed by atoms with Crippen LogP contribution in [-0.2, 0) is 51.9 Å². The van der Waals surface area contributed by atoms with Crippen molar-refractivity contribution in [2.45, 2.75) is 298 Å². The summed E-state index contributed by atoms with van der Waals surface area (Å²) in [4.78, 5) is 37.2. The molecule has 11 aromatic rings. The van der Waals surface area contributed by atoms with Gasteiger partial charge in [0.2, 0.25) is 5.95 Å². The van der Waals surface area contributed by atoms with Crippen molar-refractivity contribution in [1.82, 2.24) is 98.2 Å². The van der Waals surface area contributed by atoms with Gasteiger partial charge >= 0.3 is 6.01 Å². The monoisotopic (exact) mass is 1420 g/mol. The molecule has 22 nitrogen and oxygen atoms in total.